The summed E-state index contributed by atoms with van der Waals surface area (Å²) in [5.74, 6) is -1.00. The standard InChI is InChI=1S/C12H9F2NO/c1-16-12-11(14)6-9(7-15-12)8-3-2-4-10(13)5-8/h2-7H,1H3. The Morgan fingerprint density at radius 3 is 2.56 bits per heavy atom. The van der Waals surface area contributed by atoms with Gasteiger partial charge >= 0.3 is 0 Å². The summed E-state index contributed by atoms with van der Waals surface area (Å²) in [6, 6.07) is 7.17. The molecule has 0 aliphatic heterocycles. The molecular weight excluding hydrogens is 212 g/mol. The molecule has 1 heterocycles. The number of pyridine rings is 1. The van der Waals surface area contributed by atoms with Crippen molar-refractivity contribution in [1.82, 2.24) is 4.98 Å². The van der Waals surface area contributed by atoms with Gasteiger partial charge in [-0.3, -0.25) is 0 Å². The van der Waals surface area contributed by atoms with Gasteiger partial charge in [-0.2, -0.15) is 0 Å². The molecule has 2 rings (SSSR count). The van der Waals surface area contributed by atoms with Gasteiger partial charge in [-0.25, -0.2) is 13.8 Å². The Hall–Kier alpha value is -1.97. The van der Waals surface area contributed by atoms with Crippen LogP contribution in [0.25, 0.3) is 11.1 Å². The highest BCUT2D eigenvalue weighted by Gasteiger charge is 2.06. The second-order valence-electron chi connectivity index (χ2n) is 3.23. The summed E-state index contributed by atoms with van der Waals surface area (Å²) < 4.78 is 31.0. The highest BCUT2D eigenvalue weighted by molar-refractivity contribution is 5.62. The van der Waals surface area contributed by atoms with Crippen molar-refractivity contribution in [3.05, 3.63) is 48.2 Å². The summed E-state index contributed by atoms with van der Waals surface area (Å²) in [6.07, 6.45) is 1.44. The molecule has 82 valence electrons. The van der Waals surface area contributed by atoms with E-state index in [9.17, 15) is 8.78 Å². The summed E-state index contributed by atoms with van der Waals surface area (Å²) in [5, 5.41) is 0. The first-order valence-corrected chi connectivity index (χ1v) is 4.66. The fourth-order valence-electron chi connectivity index (χ4n) is 1.40. The minimum Gasteiger partial charge on any atom is -0.479 e. The van der Waals surface area contributed by atoms with Crippen molar-refractivity contribution in [3.8, 4) is 17.0 Å². The van der Waals surface area contributed by atoms with Gasteiger partial charge in [0.2, 0.25) is 5.88 Å². The maximum Gasteiger partial charge on any atom is 0.250 e. The summed E-state index contributed by atoms with van der Waals surface area (Å²) in [7, 11) is 1.34. The number of hydrogen-bond donors (Lipinski definition) is 0. The van der Waals surface area contributed by atoms with E-state index < -0.39 is 5.82 Å². The fraction of sp³-hybridized carbons (Fsp3) is 0.0833. The topological polar surface area (TPSA) is 22.1 Å². The summed E-state index contributed by atoms with van der Waals surface area (Å²) in [5.41, 5.74) is 1.09. The third-order valence-corrected chi connectivity index (χ3v) is 2.16. The molecule has 0 saturated heterocycles. The van der Waals surface area contributed by atoms with E-state index in [1.54, 1.807) is 12.1 Å². The number of hydrogen-bond acceptors (Lipinski definition) is 2. The largest absolute Gasteiger partial charge is 0.479 e. The van der Waals surface area contributed by atoms with Gasteiger partial charge in [0.15, 0.2) is 5.82 Å². The van der Waals surface area contributed by atoms with Gasteiger partial charge in [-0.15, -0.1) is 0 Å². The highest BCUT2D eigenvalue weighted by atomic mass is 19.1. The van der Waals surface area contributed by atoms with Gasteiger partial charge in [0.05, 0.1) is 7.11 Å². The molecule has 0 radical (unpaired) electrons. The zero-order chi connectivity index (χ0) is 11.5. The Labute approximate surface area is 91.5 Å². The lowest BCUT2D eigenvalue weighted by atomic mass is 10.1. The predicted octanol–water partition coefficient (Wildman–Crippen LogP) is 3.04. The van der Waals surface area contributed by atoms with Gasteiger partial charge in [0.25, 0.3) is 0 Å². The van der Waals surface area contributed by atoms with E-state index in [1.165, 1.54) is 31.5 Å². The number of aromatic nitrogens is 1. The third-order valence-electron chi connectivity index (χ3n) is 2.16. The molecule has 2 nitrogen and oxygen atoms in total. The smallest absolute Gasteiger partial charge is 0.250 e. The van der Waals surface area contributed by atoms with Crippen LogP contribution in [-0.2, 0) is 0 Å². The van der Waals surface area contributed by atoms with Crippen molar-refractivity contribution >= 4 is 0 Å². The number of methoxy groups -OCH3 is 1. The molecule has 0 N–H and O–H groups in total. The van der Waals surface area contributed by atoms with E-state index in [4.69, 9.17) is 4.74 Å². The highest BCUT2D eigenvalue weighted by Crippen LogP contribution is 2.23. The van der Waals surface area contributed by atoms with Crippen LogP contribution in [0.3, 0.4) is 0 Å². The molecule has 0 fully saturated rings. The third kappa shape index (κ3) is 2.00. The van der Waals surface area contributed by atoms with Crippen molar-refractivity contribution in [3.63, 3.8) is 0 Å². The molecule has 2 aromatic rings. The van der Waals surface area contributed by atoms with Crippen molar-refractivity contribution in [2.24, 2.45) is 0 Å². The van der Waals surface area contributed by atoms with Gasteiger partial charge in [-0.05, 0) is 23.8 Å². The fourth-order valence-corrected chi connectivity index (χ4v) is 1.40. The maximum atomic E-state index is 13.4. The van der Waals surface area contributed by atoms with Crippen LogP contribution < -0.4 is 4.74 Å². The van der Waals surface area contributed by atoms with Crippen LogP contribution in [0.5, 0.6) is 5.88 Å². The van der Waals surface area contributed by atoms with Crippen LogP contribution in [0.2, 0.25) is 0 Å². The molecule has 1 aromatic heterocycles. The molecule has 0 aliphatic carbocycles. The summed E-state index contributed by atoms with van der Waals surface area (Å²) >= 11 is 0. The molecule has 0 spiro atoms. The van der Waals surface area contributed by atoms with Crippen molar-refractivity contribution < 1.29 is 13.5 Å². The minimum absolute atomic E-state index is 0.0693. The van der Waals surface area contributed by atoms with Crippen molar-refractivity contribution in [1.29, 1.82) is 0 Å². The lowest BCUT2D eigenvalue weighted by Crippen LogP contribution is -1.92. The van der Waals surface area contributed by atoms with Crippen LogP contribution >= 0.6 is 0 Å². The number of ether oxygens (including phenoxy) is 1. The monoisotopic (exact) mass is 221 g/mol. The van der Waals surface area contributed by atoms with E-state index >= 15 is 0 Å². The predicted molar refractivity (Wildman–Crippen MR) is 56.1 cm³/mol. The van der Waals surface area contributed by atoms with Gasteiger partial charge in [-0.1, -0.05) is 12.1 Å². The Kier molecular flexibility index (Phi) is 2.81. The Morgan fingerprint density at radius 1 is 1.12 bits per heavy atom. The average Bonchev–Trinajstić information content (AvgIpc) is 2.29. The Morgan fingerprint density at radius 2 is 1.94 bits per heavy atom. The van der Waals surface area contributed by atoms with Gasteiger partial charge in [0, 0.05) is 11.8 Å². The molecule has 0 unspecified atom stereocenters. The van der Waals surface area contributed by atoms with Crippen LogP contribution in [0.15, 0.2) is 36.5 Å². The maximum absolute atomic E-state index is 13.4. The lowest BCUT2D eigenvalue weighted by molar-refractivity contribution is 0.369. The van der Waals surface area contributed by atoms with E-state index in [0.717, 1.165) is 0 Å². The molecule has 0 atom stereocenters. The lowest BCUT2D eigenvalue weighted by Gasteiger charge is -2.04. The van der Waals surface area contributed by atoms with Crippen LogP contribution in [0, 0.1) is 11.6 Å². The van der Waals surface area contributed by atoms with Gasteiger partial charge in [0.1, 0.15) is 5.82 Å². The zero-order valence-electron chi connectivity index (χ0n) is 8.58. The second-order valence-corrected chi connectivity index (χ2v) is 3.23. The normalized spacial score (nSPS) is 10.2. The number of rotatable bonds is 2. The van der Waals surface area contributed by atoms with Gasteiger partial charge < -0.3 is 4.74 Å². The first kappa shape index (κ1) is 10.5. The van der Waals surface area contributed by atoms with Crippen molar-refractivity contribution in [2.45, 2.75) is 0 Å². The Bertz CT molecular complexity index is 514. The molecule has 1 aromatic carbocycles. The molecule has 4 heteroatoms. The molecule has 16 heavy (non-hydrogen) atoms. The van der Waals surface area contributed by atoms with E-state index in [0.29, 0.717) is 11.1 Å². The SMILES string of the molecule is COc1ncc(-c2cccc(F)c2)cc1F. The van der Waals surface area contributed by atoms with Crippen LogP contribution in [0.1, 0.15) is 0 Å². The molecule has 0 aliphatic rings. The van der Waals surface area contributed by atoms with E-state index in [2.05, 4.69) is 4.98 Å². The van der Waals surface area contributed by atoms with E-state index in [-0.39, 0.29) is 11.7 Å². The zero-order valence-corrected chi connectivity index (χ0v) is 8.58. The van der Waals surface area contributed by atoms with E-state index in [1.807, 2.05) is 0 Å². The number of nitrogens with zero attached hydrogens (tertiary/aromatic N) is 1. The van der Waals surface area contributed by atoms with Crippen LogP contribution in [0.4, 0.5) is 8.78 Å². The molecular formula is C12H9F2NO. The first-order chi connectivity index (χ1) is 7.70. The average molecular weight is 221 g/mol. The first-order valence-electron chi connectivity index (χ1n) is 4.66. The molecule has 0 amide bonds. The Balaban J connectivity index is 2.45. The summed E-state index contributed by atoms with van der Waals surface area (Å²) in [6.45, 7) is 0. The quantitative estimate of drug-likeness (QED) is 0.777. The molecule has 0 bridgehead atoms. The second kappa shape index (κ2) is 4.26. The summed E-state index contributed by atoms with van der Waals surface area (Å²) in [4.78, 5) is 3.78. The number of benzene rings is 1. The minimum atomic E-state index is -0.565. The number of halogens is 2. The molecule has 0 saturated carbocycles. The van der Waals surface area contributed by atoms with Crippen molar-refractivity contribution in [2.75, 3.05) is 7.11 Å². The van der Waals surface area contributed by atoms with Crippen LogP contribution in [-0.4, -0.2) is 12.1 Å².